The van der Waals surface area contributed by atoms with Crippen molar-refractivity contribution in [2.45, 2.75) is 12.6 Å². The molecule has 7 nitrogen and oxygen atoms in total. The van der Waals surface area contributed by atoms with E-state index in [1.165, 1.54) is 0 Å². The van der Waals surface area contributed by atoms with Crippen molar-refractivity contribution >= 4 is 57.8 Å². The molecule has 0 saturated heterocycles. The van der Waals surface area contributed by atoms with E-state index in [1.807, 2.05) is 48.3 Å². The van der Waals surface area contributed by atoms with Crippen LogP contribution in [-0.4, -0.2) is 62.7 Å². The summed E-state index contributed by atoms with van der Waals surface area (Å²) in [5.41, 5.74) is 3.70. The van der Waals surface area contributed by atoms with Crippen molar-refractivity contribution in [3.05, 3.63) is 87.4 Å². The van der Waals surface area contributed by atoms with Gasteiger partial charge in [0.15, 0.2) is 16.6 Å². The summed E-state index contributed by atoms with van der Waals surface area (Å²) in [6.07, 6.45) is -0.261. The minimum atomic E-state index is -0.964. The third-order valence-electron chi connectivity index (χ3n) is 6.32. The number of fused-ring (bicyclic) bond motifs is 1. The summed E-state index contributed by atoms with van der Waals surface area (Å²) in [5.74, 6) is 1.08. The highest BCUT2D eigenvalue weighted by Gasteiger charge is 2.31. The van der Waals surface area contributed by atoms with Crippen LogP contribution < -0.4 is 19.7 Å². The van der Waals surface area contributed by atoms with Gasteiger partial charge < -0.3 is 24.6 Å². The van der Waals surface area contributed by atoms with Crippen molar-refractivity contribution in [2.24, 2.45) is 4.99 Å². The molecule has 1 aliphatic heterocycles. The van der Waals surface area contributed by atoms with Gasteiger partial charge in [-0.2, -0.15) is 0 Å². The number of likely N-dealkylation sites (N-methyl/N-ethyl adjacent to an activating group) is 2. The summed E-state index contributed by atoms with van der Waals surface area (Å²) in [6.45, 7) is 0.606. The van der Waals surface area contributed by atoms with Gasteiger partial charge in [0.05, 0.1) is 25.6 Å². The normalized spacial score (nSPS) is 14.8. The van der Waals surface area contributed by atoms with Gasteiger partial charge in [0, 0.05) is 41.8 Å². The van der Waals surface area contributed by atoms with Gasteiger partial charge in [-0.3, -0.25) is 4.79 Å². The Labute approximate surface area is 238 Å². The van der Waals surface area contributed by atoms with E-state index in [0.29, 0.717) is 62.1 Å². The lowest BCUT2D eigenvalue weighted by Gasteiger charge is -2.25. The van der Waals surface area contributed by atoms with Gasteiger partial charge in [-0.25, -0.2) is 4.99 Å². The number of nitrogens with zero attached hydrogens (tertiary/aromatic N) is 3. The molecule has 1 atom stereocenters. The zero-order valence-electron chi connectivity index (χ0n) is 21.5. The smallest absolute Gasteiger partial charge is 0.272 e. The van der Waals surface area contributed by atoms with Gasteiger partial charge in [-0.05, 0) is 60.6 Å². The second kappa shape index (κ2) is 12.0. The van der Waals surface area contributed by atoms with Gasteiger partial charge in [0.2, 0.25) is 6.17 Å². The number of benzodiazepines with no additional fused rings is 1. The predicted octanol–water partition coefficient (Wildman–Crippen LogP) is 5.20. The fourth-order valence-electron chi connectivity index (χ4n) is 4.17. The van der Waals surface area contributed by atoms with E-state index < -0.39 is 6.17 Å². The van der Waals surface area contributed by atoms with Gasteiger partial charge in [-0.1, -0.05) is 47.5 Å². The number of hydrogen-bond donors (Lipinski definition) is 1. The van der Waals surface area contributed by atoms with Crippen LogP contribution in [0.15, 0.2) is 65.7 Å². The number of aliphatic imine (C=N–C) groups is 1. The molecular formula is C28H28Cl2N4O3S. The molecule has 198 valence electrons. The lowest BCUT2D eigenvalue weighted by atomic mass is 10.00. The van der Waals surface area contributed by atoms with E-state index >= 15 is 0 Å². The first-order valence-electron chi connectivity index (χ1n) is 11.9. The highest BCUT2D eigenvalue weighted by molar-refractivity contribution is 7.80. The van der Waals surface area contributed by atoms with Crippen molar-refractivity contribution in [3.63, 3.8) is 0 Å². The number of carbonyl (C=O) groups excluding carboxylic acids is 1. The Kier molecular flexibility index (Phi) is 8.76. The summed E-state index contributed by atoms with van der Waals surface area (Å²) in [6, 6.07) is 18.5. The van der Waals surface area contributed by atoms with Gasteiger partial charge in [0.25, 0.3) is 5.91 Å². The summed E-state index contributed by atoms with van der Waals surface area (Å²) in [5, 5.41) is 4.58. The number of hydrogen-bond acceptors (Lipinski definition) is 5. The molecule has 0 bridgehead atoms. The molecule has 0 radical (unpaired) electrons. The Morgan fingerprint density at radius 2 is 1.79 bits per heavy atom. The molecule has 0 fully saturated rings. The number of nitrogens with one attached hydrogen (secondary N) is 1. The molecule has 0 saturated carbocycles. The zero-order chi connectivity index (χ0) is 27.4. The van der Waals surface area contributed by atoms with Crippen LogP contribution >= 0.6 is 35.4 Å². The van der Waals surface area contributed by atoms with Crippen molar-refractivity contribution in [1.82, 2.24) is 10.2 Å². The van der Waals surface area contributed by atoms with Crippen molar-refractivity contribution < 1.29 is 14.3 Å². The third kappa shape index (κ3) is 5.88. The Hall–Kier alpha value is -3.33. The Morgan fingerprint density at radius 1 is 1.05 bits per heavy atom. The molecule has 0 aromatic heterocycles. The number of halogens is 2. The van der Waals surface area contributed by atoms with Crippen LogP contribution in [-0.2, 0) is 11.2 Å². The quantitative estimate of drug-likeness (QED) is 0.394. The highest BCUT2D eigenvalue weighted by Crippen LogP contribution is 2.32. The van der Waals surface area contributed by atoms with Crippen LogP contribution in [0.2, 0.25) is 10.0 Å². The van der Waals surface area contributed by atoms with Gasteiger partial charge in [-0.15, -0.1) is 0 Å². The lowest BCUT2D eigenvalue weighted by Crippen LogP contribution is -2.50. The van der Waals surface area contributed by atoms with Gasteiger partial charge in [0.1, 0.15) is 0 Å². The molecule has 0 aliphatic carbocycles. The molecule has 38 heavy (non-hydrogen) atoms. The van der Waals surface area contributed by atoms with Crippen LogP contribution in [0.4, 0.5) is 5.69 Å². The average molecular weight is 572 g/mol. The molecule has 10 heteroatoms. The number of methoxy groups -OCH3 is 2. The molecule has 1 unspecified atom stereocenters. The molecule has 3 aromatic rings. The van der Waals surface area contributed by atoms with Crippen LogP contribution in [0.25, 0.3) is 0 Å². The number of benzene rings is 3. The van der Waals surface area contributed by atoms with Crippen LogP contribution in [0, 0.1) is 0 Å². The first-order valence-corrected chi connectivity index (χ1v) is 13.0. The summed E-state index contributed by atoms with van der Waals surface area (Å²) >= 11 is 18.6. The van der Waals surface area contributed by atoms with Gasteiger partial charge >= 0.3 is 0 Å². The zero-order valence-corrected chi connectivity index (χ0v) is 23.8. The first-order chi connectivity index (χ1) is 18.2. The third-order valence-corrected chi connectivity index (χ3v) is 7.31. The Morgan fingerprint density at radius 3 is 2.50 bits per heavy atom. The molecule has 3 aromatic carbocycles. The lowest BCUT2D eigenvalue weighted by molar-refractivity contribution is -0.119. The number of amides is 1. The van der Waals surface area contributed by atoms with E-state index in [0.717, 1.165) is 5.56 Å². The number of thiocarbonyl (C=S) groups is 1. The van der Waals surface area contributed by atoms with Crippen LogP contribution in [0.1, 0.15) is 16.7 Å². The molecule has 1 heterocycles. The first kappa shape index (κ1) is 27.7. The maximum absolute atomic E-state index is 13.5. The topological polar surface area (TPSA) is 66.4 Å². The summed E-state index contributed by atoms with van der Waals surface area (Å²) < 4.78 is 10.7. The molecule has 1 N–H and O–H groups in total. The summed E-state index contributed by atoms with van der Waals surface area (Å²) in [7, 11) is 6.79. The molecule has 1 aliphatic rings. The minimum Gasteiger partial charge on any atom is -0.493 e. The number of anilines is 1. The SMILES string of the molecule is COc1ccc(CCN(C)C(=S)NC2N=C(c3ccccc3Cl)c3cc(Cl)ccc3N(C)C2=O)cc1OC. The number of rotatable bonds is 7. The van der Waals surface area contributed by atoms with Crippen LogP contribution in [0.5, 0.6) is 11.5 Å². The fraction of sp³-hybridized carbons (Fsp3) is 0.250. The fourth-order valence-corrected chi connectivity index (χ4v) is 4.77. The monoisotopic (exact) mass is 570 g/mol. The van der Waals surface area contributed by atoms with E-state index in [1.54, 1.807) is 50.4 Å². The maximum Gasteiger partial charge on any atom is 0.272 e. The minimum absolute atomic E-state index is 0.258. The molecule has 0 spiro atoms. The second-order valence-corrected chi connectivity index (χ2v) is 9.96. The largest absolute Gasteiger partial charge is 0.493 e. The van der Waals surface area contributed by atoms with Crippen LogP contribution in [0.3, 0.4) is 0 Å². The van der Waals surface area contributed by atoms with Crippen molar-refractivity contribution in [2.75, 3.05) is 39.8 Å². The molecular weight excluding hydrogens is 543 g/mol. The molecule has 4 rings (SSSR count). The highest BCUT2D eigenvalue weighted by atomic mass is 35.5. The van der Waals surface area contributed by atoms with E-state index in [9.17, 15) is 4.79 Å². The molecule has 1 amide bonds. The Bertz CT molecular complexity index is 1400. The predicted molar refractivity (Wildman–Crippen MR) is 157 cm³/mol. The standard InChI is InChI=1S/C28H28Cl2N4O3S/c1-33(14-13-17-9-12-23(36-3)24(15-17)37-4)28(38)32-26-27(35)34(2)22-11-10-18(29)16-20(22)25(31-26)19-7-5-6-8-21(19)30/h5-12,15-16,26H,13-14H2,1-4H3,(H,32,38). The van der Waals surface area contributed by atoms with Crippen molar-refractivity contribution in [1.29, 1.82) is 0 Å². The number of carbonyl (C=O) groups is 1. The average Bonchev–Trinajstić information content (AvgIpc) is 3.02. The van der Waals surface area contributed by atoms with E-state index in [2.05, 4.69) is 5.32 Å². The van der Waals surface area contributed by atoms with Crippen molar-refractivity contribution in [3.8, 4) is 11.5 Å². The Balaban J connectivity index is 1.58. The maximum atomic E-state index is 13.5. The summed E-state index contributed by atoms with van der Waals surface area (Å²) in [4.78, 5) is 21.8. The van der Waals surface area contributed by atoms with E-state index in [4.69, 9.17) is 49.9 Å². The van der Waals surface area contributed by atoms with E-state index in [-0.39, 0.29) is 5.91 Å². The number of ether oxygens (including phenoxy) is 2. The second-order valence-electron chi connectivity index (χ2n) is 8.73.